The number of nitrogens with one attached hydrogen (secondary N) is 1. The van der Waals surface area contributed by atoms with E-state index in [9.17, 15) is 9.90 Å². The number of carbonyl (C=O) groups excluding carboxylic acids is 1. The lowest BCUT2D eigenvalue weighted by Gasteiger charge is -2.15. The third kappa shape index (κ3) is 3.89. The molecule has 4 aromatic rings. The van der Waals surface area contributed by atoms with Crippen LogP contribution in [0.25, 0.3) is 10.9 Å². The van der Waals surface area contributed by atoms with Crippen LogP contribution >= 0.6 is 0 Å². The molecule has 6 heteroatoms. The van der Waals surface area contributed by atoms with Crippen molar-refractivity contribution in [2.45, 2.75) is 32.9 Å². The van der Waals surface area contributed by atoms with Gasteiger partial charge in [0.15, 0.2) is 0 Å². The average Bonchev–Trinajstić information content (AvgIpc) is 3.07. The highest BCUT2D eigenvalue weighted by Crippen LogP contribution is 2.34. The summed E-state index contributed by atoms with van der Waals surface area (Å²) >= 11 is 0. The fraction of sp³-hybridized carbons (Fsp3) is 0.208. The number of aromatic hydroxyl groups is 1. The molecule has 1 amide bonds. The van der Waals surface area contributed by atoms with Crippen LogP contribution in [0.2, 0.25) is 0 Å². The van der Waals surface area contributed by atoms with Crippen molar-refractivity contribution in [3.63, 3.8) is 0 Å². The van der Waals surface area contributed by atoms with Gasteiger partial charge in [-0.25, -0.2) is 0 Å². The third-order valence-electron chi connectivity index (χ3n) is 5.08. The zero-order chi connectivity index (χ0) is 21.1. The Balaban J connectivity index is 1.80. The maximum absolute atomic E-state index is 13.3. The summed E-state index contributed by atoms with van der Waals surface area (Å²) in [6.07, 6.45) is 5.21. The van der Waals surface area contributed by atoms with Crippen LogP contribution in [-0.2, 0) is 13.1 Å². The molecule has 4 rings (SSSR count). The minimum Gasteiger partial charge on any atom is -0.508 e. The standard InChI is InChI=1S/C24H24N4O2/c1-16(2)23-22(24(30)27-14-17-6-5-10-25-13-17)20-9-8-19(29)12-21(20)28(23)15-18-7-3-4-11-26-18/h3-13,16,29H,14-15H2,1-2H3,(H,27,30). The van der Waals surface area contributed by atoms with Crippen LogP contribution in [0, 0.1) is 0 Å². The normalized spacial score (nSPS) is 11.2. The third-order valence-corrected chi connectivity index (χ3v) is 5.08. The molecule has 3 aromatic heterocycles. The first kappa shape index (κ1) is 19.6. The summed E-state index contributed by atoms with van der Waals surface area (Å²) in [5, 5.41) is 14.0. The Morgan fingerprint density at radius 1 is 1.13 bits per heavy atom. The van der Waals surface area contributed by atoms with Crippen molar-refractivity contribution >= 4 is 16.8 Å². The van der Waals surface area contributed by atoms with E-state index in [0.717, 1.165) is 27.9 Å². The van der Waals surface area contributed by atoms with Gasteiger partial charge in [0.1, 0.15) is 5.75 Å². The molecular weight excluding hydrogens is 376 g/mol. The van der Waals surface area contributed by atoms with Crippen LogP contribution in [0.5, 0.6) is 5.75 Å². The Morgan fingerprint density at radius 3 is 2.70 bits per heavy atom. The molecule has 0 atom stereocenters. The molecule has 2 N–H and O–H groups in total. The van der Waals surface area contributed by atoms with Crippen LogP contribution in [0.3, 0.4) is 0 Å². The highest BCUT2D eigenvalue weighted by molar-refractivity contribution is 6.09. The topological polar surface area (TPSA) is 80.0 Å². The number of phenolic OH excluding ortho intramolecular Hbond substituents is 1. The molecule has 0 radical (unpaired) electrons. The second-order valence-electron chi connectivity index (χ2n) is 7.57. The lowest BCUT2D eigenvalue weighted by molar-refractivity contribution is 0.0951. The molecule has 0 fully saturated rings. The van der Waals surface area contributed by atoms with E-state index in [2.05, 4.69) is 33.7 Å². The van der Waals surface area contributed by atoms with Gasteiger partial charge in [-0.1, -0.05) is 26.0 Å². The molecule has 0 spiro atoms. The number of aromatic nitrogens is 3. The van der Waals surface area contributed by atoms with Gasteiger partial charge in [0.2, 0.25) is 0 Å². The zero-order valence-electron chi connectivity index (χ0n) is 17.0. The summed E-state index contributed by atoms with van der Waals surface area (Å²) in [5.74, 6) is 0.125. The Kier molecular flexibility index (Phi) is 5.48. The summed E-state index contributed by atoms with van der Waals surface area (Å²) in [6, 6.07) is 14.7. The van der Waals surface area contributed by atoms with E-state index in [4.69, 9.17) is 0 Å². The molecule has 1 aromatic carbocycles. The maximum Gasteiger partial charge on any atom is 0.254 e. The van der Waals surface area contributed by atoms with Crippen LogP contribution in [0.1, 0.15) is 47.1 Å². The Bertz CT molecular complexity index is 1170. The Labute approximate surface area is 175 Å². The number of nitrogens with zero attached hydrogens (tertiary/aromatic N) is 3. The van der Waals surface area contributed by atoms with E-state index in [-0.39, 0.29) is 17.6 Å². The summed E-state index contributed by atoms with van der Waals surface area (Å²) in [5.41, 5.74) is 4.20. The molecule has 30 heavy (non-hydrogen) atoms. The van der Waals surface area contributed by atoms with Gasteiger partial charge < -0.3 is 15.0 Å². The van der Waals surface area contributed by atoms with Gasteiger partial charge in [0.05, 0.1) is 23.3 Å². The van der Waals surface area contributed by atoms with E-state index >= 15 is 0 Å². The van der Waals surface area contributed by atoms with Crippen molar-refractivity contribution in [1.82, 2.24) is 19.9 Å². The smallest absolute Gasteiger partial charge is 0.254 e. The summed E-state index contributed by atoms with van der Waals surface area (Å²) in [7, 11) is 0. The van der Waals surface area contributed by atoms with Gasteiger partial charge >= 0.3 is 0 Å². The highest BCUT2D eigenvalue weighted by Gasteiger charge is 2.25. The molecule has 0 aliphatic heterocycles. The Morgan fingerprint density at radius 2 is 2.00 bits per heavy atom. The van der Waals surface area contributed by atoms with E-state index in [1.54, 1.807) is 30.7 Å². The first-order valence-electron chi connectivity index (χ1n) is 9.96. The number of amides is 1. The SMILES string of the molecule is CC(C)c1c(C(=O)NCc2cccnc2)c2ccc(O)cc2n1Cc1ccccn1. The Hall–Kier alpha value is -3.67. The van der Waals surface area contributed by atoms with Gasteiger partial charge in [-0.2, -0.15) is 0 Å². The number of phenols is 1. The number of rotatable bonds is 6. The average molecular weight is 400 g/mol. The number of fused-ring (bicyclic) bond motifs is 1. The molecule has 0 saturated carbocycles. The van der Waals surface area contributed by atoms with Crippen LogP contribution in [0.4, 0.5) is 0 Å². The molecular formula is C24H24N4O2. The van der Waals surface area contributed by atoms with Crippen molar-refractivity contribution in [3.05, 3.63) is 89.6 Å². The molecule has 0 saturated heterocycles. The molecule has 3 heterocycles. The van der Waals surface area contributed by atoms with Crippen molar-refractivity contribution < 1.29 is 9.90 Å². The highest BCUT2D eigenvalue weighted by atomic mass is 16.3. The molecule has 0 aliphatic rings. The minimum atomic E-state index is -0.141. The van der Waals surface area contributed by atoms with Crippen molar-refractivity contribution in [1.29, 1.82) is 0 Å². The maximum atomic E-state index is 13.3. The number of hydrogen-bond acceptors (Lipinski definition) is 4. The van der Waals surface area contributed by atoms with Crippen molar-refractivity contribution in [2.75, 3.05) is 0 Å². The van der Waals surface area contributed by atoms with Crippen LogP contribution in [0.15, 0.2) is 67.1 Å². The lowest BCUT2D eigenvalue weighted by atomic mass is 10.0. The molecule has 0 aliphatic carbocycles. The molecule has 0 unspecified atom stereocenters. The number of carbonyl (C=O) groups is 1. The summed E-state index contributed by atoms with van der Waals surface area (Å²) in [4.78, 5) is 21.8. The van der Waals surface area contributed by atoms with E-state index in [1.165, 1.54) is 0 Å². The fourth-order valence-electron chi connectivity index (χ4n) is 3.79. The van der Waals surface area contributed by atoms with Crippen molar-refractivity contribution in [2.24, 2.45) is 0 Å². The second-order valence-corrected chi connectivity index (χ2v) is 7.57. The van der Waals surface area contributed by atoms with E-state index in [0.29, 0.717) is 18.7 Å². The second kappa shape index (κ2) is 8.37. The van der Waals surface area contributed by atoms with E-state index in [1.807, 2.05) is 36.4 Å². The predicted octanol–water partition coefficient (Wildman–Crippen LogP) is 4.24. The molecule has 0 bridgehead atoms. The number of pyridine rings is 2. The molecule has 152 valence electrons. The number of hydrogen-bond donors (Lipinski definition) is 2. The van der Waals surface area contributed by atoms with Crippen LogP contribution in [-0.4, -0.2) is 25.5 Å². The quantitative estimate of drug-likeness (QED) is 0.507. The fourth-order valence-corrected chi connectivity index (χ4v) is 3.79. The van der Waals surface area contributed by atoms with Gasteiger partial charge in [-0.15, -0.1) is 0 Å². The predicted molar refractivity (Wildman–Crippen MR) is 116 cm³/mol. The van der Waals surface area contributed by atoms with Gasteiger partial charge in [-0.3, -0.25) is 14.8 Å². The van der Waals surface area contributed by atoms with Crippen molar-refractivity contribution in [3.8, 4) is 5.75 Å². The van der Waals surface area contributed by atoms with E-state index < -0.39 is 0 Å². The minimum absolute atomic E-state index is 0.0994. The lowest BCUT2D eigenvalue weighted by Crippen LogP contribution is -2.24. The summed E-state index contributed by atoms with van der Waals surface area (Å²) in [6.45, 7) is 5.06. The monoisotopic (exact) mass is 400 g/mol. The largest absolute Gasteiger partial charge is 0.508 e. The zero-order valence-corrected chi connectivity index (χ0v) is 17.0. The van der Waals surface area contributed by atoms with Gasteiger partial charge in [0, 0.05) is 42.3 Å². The van der Waals surface area contributed by atoms with Crippen LogP contribution < -0.4 is 5.32 Å². The molecule has 6 nitrogen and oxygen atoms in total. The van der Waals surface area contributed by atoms with Gasteiger partial charge in [0.25, 0.3) is 5.91 Å². The first-order chi connectivity index (χ1) is 14.5. The van der Waals surface area contributed by atoms with Gasteiger partial charge in [-0.05, 0) is 41.8 Å². The first-order valence-corrected chi connectivity index (χ1v) is 9.96. The number of benzene rings is 1. The summed E-state index contributed by atoms with van der Waals surface area (Å²) < 4.78 is 2.08.